The number of ether oxygens (including phenoxy) is 1. The molecule has 2 fully saturated rings. The maximum absolute atomic E-state index is 13.1. The van der Waals surface area contributed by atoms with E-state index < -0.39 is 0 Å². The molecule has 1 saturated carbocycles. The number of benzene rings is 1. The Balaban J connectivity index is 1.72. The lowest BCUT2D eigenvalue weighted by molar-refractivity contribution is -0.140. The predicted octanol–water partition coefficient (Wildman–Crippen LogP) is 3.81. The second-order valence-electron chi connectivity index (χ2n) is 7.83. The van der Waals surface area contributed by atoms with Gasteiger partial charge in [-0.3, -0.25) is 9.59 Å². The van der Waals surface area contributed by atoms with Crippen molar-refractivity contribution in [3.05, 3.63) is 29.8 Å². The lowest BCUT2D eigenvalue weighted by Crippen LogP contribution is -2.50. The minimum Gasteiger partial charge on any atom is -0.497 e. The molecule has 148 valence electrons. The molecule has 1 aliphatic carbocycles. The minimum absolute atomic E-state index is 0.0278. The van der Waals surface area contributed by atoms with E-state index in [9.17, 15) is 9.59 Å². The third kappa shape index (κ3) is 5.47. The highest BCUT2D eigenvalue weighted by molar-refractivity contribution is 5.88. The van der Waals surface area contributed by atoms with Gasteiger partial charge >= 0.3 is 0 Å². The molecule has 0 bridgehead atoms. The first-order chi connectivity index (χ1) is 13.2. The Morgan fingerprint density at radius 1 is 1.11 bits per heavy atom. The number of carbonyl (C=O) groups excluding carboxylic acids is 2. The zero-order chi connectivity index (χ0) is 19.1. The van der Waals surface area contributed by atoms with Crippen molar-refractivity contribution in [3.63, 3.8) is 0 Å². The molecular weight excluding hydrogens is 340 g/mol. The van der Waals surface area contributed by atoms with Gasteiger partial charge in [0.1, 0.15) is 11.8 Å². The van der Waals surface area contributed by atoms with E-state index in [0.29, 0.717) is 13.0 Å². The van der Waals surface area contributed by atoms with Gasteiger partial charge in [-0.25, -0.2) is 0 Å². The van der Waals surface area contributed by atoms with Crippen LogP contribution in [0.1, 0.15) is 69.8 Å². The summed E-state index contributed by atoms with van der Waals surface area (Å²) in [5.41, 5.74) is 0.997. The van der Waals surface area contributed by atoms with Gasteiger partial charge in [0.25, 0.3) is 0 Å². The summed E-state index contributed by atoms with van der Waals surface area (Å²) in [5.74, 6) is 0.880. The van der Waals surface area contributed by atoms with Crippen LogP contribution in [0.5, 0.6) is 5.75 Å². The number of rotatable bonds is 5. The zero-order valence-electron chi connectivity index (χ0n) is 16.4. The molecule has 0 radical (unpaired) electrons. The van der Waals surface area contributed by atoms with Gasteiger partial charge in [-0.05, 0) is 43.4 Å². The van der Waals surface area contributed by atoms with Gasteiger partial charge in [-0.2, -0.15) is 0 Å². The molecule has 5 nitrogen and oxygen atoms in total. The van der Waals surface area contributed by atoms with E-state index in [-0.39, 0.29) is 23.9 Å². The lowest BCUT2D eigenvalue weighted by atomic mass is 10.1. The van der Waals surface area contributed by atoms with E-state index in [2.05, 4.69) is 5.32 Å². The molecule has 1 saturated heterocycles. The van der Waals surface area contributed by atoms with Crippen LogP contribution in [-0.4, -0.2) is 35.9 Å². The van der Waals surface area contributed by atoms with Gasteiger partial charge in [0, 0.05) is 19.0 Å². The second-order valence-corrected chi connectivity index (χ2v) is 7.83. The Labute approximate surface area is 162 Å². The van der Waals surface area contributed by atoms with Gasteiger partial charge in [-0.1, -0.05) is 44.2 Å². The van der Waals surface area contributed by atoms with Gasteiger partial charge < -0.3 is 15.0 Å². The van der Waals surface area contributed by atoms with Crippen molar-refractivity contribution in [3.8, 4) is 5.75 Å². The minimum atomic E-state index is -0.366. The van der Waals surface area contributed by atoms with E-state index in [1.807, 2.05) is 24.3 Å². The SMILES string of the molecule is COc1cccc(CN2C(=O)CCCCC2C(=O)NC2CCCCCC2)c1. The number of hydrogen-bond donors (Lipinski definition) is 1. The molecule has 1 aromatic rings. The number of nitrogens with one attached hydrogen (secondary N) is 1. The molecule has 1 unspecified atom stereocenters. The number of hydrogen-bond acceptors (Lipinski definition) is 3. The summed E-state index contributed by atoms with van der Waals surface area (Å²) < 4.78 is 5.30. The first kappa shape index (κ1) is 19.7. The topological polar surface area (TPSA) is 58.6 Å². The number of carbonyl (C=O) groups is 2. The number of likely N-dealkylation sites (tertiary alicyclic amines) is 1. The first-order valence-corrected chi connectivity index (χ1v) is 10.4. The molecule has 0 aromatic heterocycles. The summed E-state index contributed by atoms with van der Waals surface area (Å²) in [6.07, 6.45) is 10.1. The highest BCUT2D eigenvalue weighted by Crippen LogP contribution is 2.23. The van der Waals surface area contributed by atoms with E-state index >= 15 is 0 Å². The second kappa shape index (κ2) is 9.77. The molecule has 27 heavy (non-hydrogen) atoms. The van der Waals surface area contributed by atoms with Gasteiger partial charge in [0.2, 0.25) is 11.8 Å². The third-order valence-electron chi connectivity index (χ3n) is 5.81. The molecule has 2 amide bonds. The van der Waals surface area contributed by atoms with Crippen LogP contribution >= 0.6 is 0 Å². The Morgan fingerprint density at radius 3 is 2.59 bits per heavy atom. The average Bonchev–Trinajstić information content (AvgIpc) is 3.04. The standard InChI is InChI=1S/C22H32N2O3/c1-27-19-12-8-9-17(15-19)16-24-20(13-6-7-14-21(24)25)22(26)23-18-10-4-2-3-5-11-18/h8-9,12,15,18,20H,2-7,10-11,13-14,16H2,1H3,(H,23,26). The molecule has 3 rings (SSSR count). The van der Waals surface area contributed by atoms with Gasteiger partial charge in [0.05, 0.1) is 7.11 Å². The van der Waals surface area contributed by atoms with E-state index in [0.717, 1.165) is 43.4 Å². The fourth-order valence-corrected chi connectivity index (χ4v) is 4.25. The zero-order valence-corrected chi connectivity index (χ0v) is 16.4. The molecule has 1 N–H and O–H groups in total. The maximum Gasteiger partial charge on any atom is 0.243 e. The molecule has 1 heterocycles. The van der Waals surface area contributed by atoms with Crippen LogP contribution in [0.3, 0.4) is 0 Å². The quantitative estimate of drug-likeness (QED) is 0.800. The van der Waals surface area contributed by atoms with E-state index in [1.165, 1.54) is 25.7 Å². The Hall–Kier alpha value is -2.04. The van der Waals surface area contributed by atoms with Crippen LogP contribution < -0.4 is 10.1 Å². The molecular formula is C22H32N2O3. The summed E-state index contributed by atoms with van der Waals surface area (Å²) in [6.45, 7) is 0.457. The fraction of sp³-hybridized carbons (Fsp3) is 0.636. The number of methoxy groups -OCH3 is 1. The smallest absolute Gasteiger partial charge is 0.243 e. The van der Waals surface area contributed by atoms with Crippen molar-refractivity contribution in [2.45, 2.75) is 82.8 Å². The van der Waals surface area contributed by atoms with Crippen molar-refractivity contribution in [1.29, 1.82) is 0 Å². The van der Waals surface area contributed by atoms with Crippen LogP contribution in [0.2, 0.25) is 0 Å². The monoisotopic (exact) mass is 372 g/mol. The Kier molecular flexibility index (Phi) is 7.13. The molecule has 1 aliphatic heterocycles. The number of amides is 2. The molecule has 2 aliphatic rings. The summed E-state index contributed by atoms with van der Waals surface area (Å²) >= 11 is 0. The molecule has 5 heteroatoms. The van der Waals surface area contributed by atoms with Crippen LogP contribution in [0.15, 0.2) is 24.3 Å². The summed E-state index contributed by atoms with van der Waals surface area (Å²) in [7, 11) is 1.64. The van der Waals surface area contributed by atoms with Gasteiger partial charge in [-0.15, -0.1) is 0 Å². The summed E-state index contributed by atoms with van der Waals surface area (Å²) in [5, 5.41) is 3.26. The molecule has 1 aromatic carbocycles. The van der Waals surface area contributed by atoms with E-state index in [4.69, 9.17) is 4.74 Å². The highest BCUT2D eigenvalue weighted by Gasteiger charge is 2.32. The lowest BCUT2D eigenvalue weighted by Gasteiger charge is -2.31. The fourth-order valence-electron chi connectivity index (χ4n) is 4.25. The van der Waals surface area contributed by atoms with Crippen LogP contribution in [-0.2, 0) is 16.1 Å². The molecule has 1 atom stereocenters. The summed E-state index contributed by atoms with van der Waals surface area (Å²) in [6, 6.07) is 7.65. The van der Waals surface area contributed by atoms with Crippen molar-refractivity contribution in [2.24, 2.45) is 0 Å². The van der Waals surface area contributed by atoms with Crippen molar-refractivity contribution < 1.29 is 14.3 Å². The van der Waals surface area contributed by atoms with Crippen molar-refractivity contribution in [1.82, 2.24) is 10.2 Å². The maximum atomic E-state index is 13.1. The van der Waals surface area contributed by atoms with Crippen molar-refractivity contribution in [2.75, 3.05) is 7.11 Å². The summed E-state index contributed by atoms with van der Waals surface area (Å²) in [4.78, 5) is 27.6. The number of nitrogens with zero attached hydrogens (tertiary/aromatic N) is 1. The predicted molar refractivity (Wildman–Crippen MR) is 105 cm³/mol. The highest BCUT2D eigenvalue weighted by atomic mass is 16.5. The van der Waals surface area contributed by atoms with Crippen LogP contribution in [0.25, 0.3) is 0 Å². The van der Waals surface area contributed by atoms with Gasteiger partial charge in [0.15, 0.2) is 0 Å². The van der Waals surface area contributed by atoms with E-state index in [1.54, 1.807) is 12.0 Å². The Bertz CT molecular complexity index is 638. The largest absolute Gasteiger partial charge is 0.497 e. The Morgan fingerprint density at radius 2 is 1.85 bits per heavy atom. The van der Waals surface area contributed by atoms with Crippen molar-refractivity contribution >= 4 is 11.8 Å². The van der Waals surface area contributed by atoms with Crippen LogP contribution in [0.4, 0.5) is 0 Å². The normalized spacial score (nSPS) is 22.0. The van der Waals surface area contributed by atoms with Crippen LogP contribution in [0, 0.1) is 0 Å². The average molecular weight is 373 g/mol. The molecule has 0 spiro atoms. The third-order valence-corrected chi connectivity index (χ3v) is 5.81. The first-order valence-electron chi connectivity index (χ1n) is 10.4.